The summed E-state index contributed by atoms with van der Waals surface area (Å²) < 4.78 is 48.4. The molecule has 10 heteroatoms. The lowest BCUT2D eigenvalue weighted by atomic mass is 10.1. The molecule has 0 saturated carbocycles. The number of aryl methyl sites for hydroxylation is 2. The van der Waals surface area contributed by atoms with Crippen LogP contribution in [0.5, 0.6) is 5.75 Å². The molecule has 0 aliphatic carbocycles. The normalized spacial score (nSPS) is 12.7. The Morgan fingerprint density at radius 1 is 0.929 bits per heavy atom. The Morgan fingerprint density at radius 2 is 1.55 bits per heavy atom. The zero-order valence-electron chi connectivity index (χ0n) is 25.1. The molecule has 3 aromatic carbocycles. The van der Waals surface area contributed by atoms with Crippen LogP contribution in [-0.4, -0.2) is 50.9 Å². The van der Waals surface area contributed by atoms with Gasteiger partial charge in [-0.25, -0.2) is 12.8 Å². The Labute approximate surface area is 248 Å². The average molecular weight is 598 g/mol. The maximum absolute atomic E-state index is 14.2. The van der Waals surface area contributed by atoms with Gasteiger partial charge in [0.2, 0.25) is 11.8 Å². The van der Waals surface area contributed by atoms with E-state index in [4.69, 9.17) is 4.74 Å². The summed E-state index contributed by atoms with van der Waals surface area (Å²) in [5.74, 6) is -1.09. The monoisotopic (exact) mass is 597 g/mol. The third-order valence-electron chi connectivity index (χ3n) is 7.14. The van der Waals surface area contributed by atoms with Crippen molar-refractivity contribution in [3.05, 3.63) is 89.2 Å². The summed E-state index contributed by atoms with van der Waals surface area (Å²) in [5, 5.41) is 2.94. The van der Waals surface area contributed by atoms with Crippen molar-refractivity contribution in [1.29, 1.82) is 0 Å². The summed E-state index contributed by atoms with van der Waals surface area (Å²) in [7, 11) is -2.82. The van der Waals surface area contributed by atoms with Crippen LogP contribution in [0.4, 0.5) is 10.1 Å². The fraction of sp³-hybridized carbons (Fsp3) is 0.375. The van der Waals surface area contributed by atoms with Gasteiger partial charge in [0.05, 0.1) is 17.7 Å². The lowest BCUT2D eigenvalue weighted by Crippen LogP contribution is -2.53. The average Bonchev–Trinajstić information content (AvgIpc) is 2.96. The summed E-state index contributed by atoms with van der Waals surface area (Å²) >= 11 is 0. The Balaban J connectivity index is 2.12. The minimum absolute atomic E-state index is 0.0103. The molecule has 0 aliphatic rings. The number of sulfonamides is 1. The van der Waals surface area contributed by atoms with Gasteiger partial charge in [0, 0.05) is 12.6 Å². The molecule has 2 amide bonds. The summed E-state index contributed by atoms with van der Waals surface area (Å²) in [6.45, 7) is 8.65. The molecule has 3 rings (SSSR count). The molecule has 0 unspecified atom stereocenters. The summed E-state index contributed by atoms with van der Waals surface area (Å²) in [6.07, 6.45) is 0.984. The lowest BCUT2D eigenvalue weighted by Gasteiger charge is -2.34. The number of ether oxygens (including phenoxy) is 1. The van der Waals surface area contributed by atoms with Crippen molar-refractivity contribution in [2.75, 3.05) is 18.0 Å². The smallest absolute Gasteiger partial charge is 0.264 e. The molecular weight excluding hydrogens is 557 g/mol. The van der Waals surface area contributed by atoms with E-state index in [0.717, 1.165) is 15.4 Å². The van der Waals surface area contributed by atoms with E-state index in [1.54, 1.807) is 49.4 Å². The summed E-state index contributed by atoms with van der Waals surface area (Å²) in [5.41, 5.74) is 2.45. The van der Waals surface area contributed by atoms with Crippen molar-refractivity contribution in [2.45, 2.75) is 71.0 Å². The number of nitrogens with one attached hydrogen (secondary N) is 1. The summed E-state index contributed by atoms with van der Waals surface area (Å²) in [4.78, 5) is 28.9. The molecule has 2 atom stereocenters. The van der Waals surface area contributed by atoms with Crippen molar-refractivity contribution >= 4 is 27.5 Å². The largest absolute Gasteiger partial charge is 0.495 e. The fourth-order valence-electron chi connectivity index (χ4n) is 4.49. The first-order valence-electron chi connectivity index (χ1n) is 14.0. The van der Waals surface area contributed by atoms with Crippen LogP contribution in [-0.2, 0) is 26.2 Å². The quantitative estimate of drug-likeness (QED) is 0.286. The molecule has 0 saturated heterocycles. The van der Waals surface area contributed by atoms with Gasteiger partial charge in [-0.2, -0.15) is 0 Å². The number of carbonyl (C=O) groups excluding carboxylic acids is 2. The van der Waals surface area contributed by atoms with Crippen LogP contribution in [0.25, 0.3) is 0 Å². The molecule has 42 heavy (non-hydrogen) atoms. The maximum atomic E-state index is 14.2. The molecular formula is C32H40FN3O5S. The maximum Gasteiger partial charge on any atom is 0.264 e. The van der Waals surface area contributed by atoms with Gasteiger partial charge in [0.25, 0.3) is 10.0 Å². The van der Waals surface area contributed by atoms with Crippen LogP contribution in [0.2, 0.25) is 0 Å². The lowest BCUT2D eigenvalue weighted by molar-refractivity contribution is -0.140. The molecule has 1 N–H and O–H groups in total. The Bertz CT molecular complexity index is 1480. The first-order valence-corrected chi connectivity index (χ1v) is 15.4. The van der Waals surface area contributed by atoms with E-state index in [9.17, 15) is 22.4 Å². The zero-order chi connectivity index (χ0) is 31.0. The first kappa shape index (κ1) is 32.6. The van der Waals surface area contributed by atoms with Gasteiger partial charge >= 0.3 is 0 Å². The fourth-order valence-corrected chi connectivity index (χ4v) is 5.91. The highest BCUT2D eigenvalue weighted by molar-refractivity contribution is 7.92. The van der Waals surface area contributed by atoms with E-state index >= 15 is 0 Å². The predicted octanol–water partition coefficient (Wildman–Crippen LogP) is 5.37. The van der Waals surface area contributed by atoms with Crippen LogP contribution in [0, 0.1) is 19.7 Å². The van der Waals surface area contributed by atoms with E-state index < -0.39 is 34.3 Å². The van der Waals surface area contributed by atoms with Crippen molar-refractivity contribution in [3.63, 3.8) is 0 Å². The standard InChI is InChI=1S/C32H40FN3O5S/c1-7-24(5)34-32(38)28(8-2)35(20-25-12-14-26(33)15-13-25)31(37)21-36(29-19-23(4)11-18-30(29)41-6)42(39,40)27-16-9-22(3)10-17-27/h9-19,24,28H,7-8,20-21H2,1-6H3,(H,34,38)/t24-,28+/m1/s1. The van der Waals surface area contributed by atoms with E-state index in [1.807, 2.05) is 27.7 Å². The van der Waals surface area contributed by atoms with Crippen LogP contribution in [0.1, 0.15) is 50.3 Å². The Morgan fingerprint density at radius 3 is 2.12 bits per heavy atom. The number of hydrogen-bond acceptors (Lipinski definition) is 5. The highest BCUT2D eigenvalue weighted by atomic mass is 32.2. The number of hydrogen-bond donors (Lipinski definition) is 1. The highest BCUT2D eigenvalue weighted by Gasteiger charge is 2.35. The minimum atomic E-state index is -4.25. The van der Waals surface area contributed by atoms with Crippen molar-refractivity contribution in [2.24, 2.45) is 0 Å². The molecule has 0 radical (unpaired) electrons. The van der Waals surface area contributed by atoms with Gasteiger partial charge in [-0.15, -0.1) is 0 Å². The predicted molar refractivity (Wildman–Crippen MR) is 162 cm³/mol. The number of rotatable bonds is 13. The number of amides is 2. The molecule has 3 aromatic rings. The highest BCUT2D eigenvalue weighted by Crippen LogP contribution is 2.34. The number of benzene rings is 3. The molecule has 0 heterocycles. The Kier molecular flexibility index (Phi) is 11.1. The topological polar surface area (TPSA) is 96.0 Å². The van der Waals surface area contributed by atoms with Crippen molar-refractivity contribution < 1.29 is 27.1 Å². The second-order valence-corrected chi connectivity index (χ2v) is 12.3. The zero-order valence-corrected chi connectivity index (χ0v) is 25.9. The van der Waals surface area contributed by atoms with Crippen LogP contribution in [0.3, 0.4) is 0 Å². The molecule has 0 fully saturated rings. The third-order valence-corrected chi connectivity index (χ3v) is 8.92. The van der Waals surface area contributed by atoms with Crippen molar-refractivity contribution in [3.8, 4) is 5.75 Å². The van der Waals surface area contributed by atoms with Gasteiger partial charge in [0.1, 0.15) is 24.2 Å². The van der Waals surface area contributed by atoms with E-state index in [0.29, 0.717) is 12.0 Å². The second kappa shape index (κ2) is 14.3. The van der Waals surface area contributed by atoms with E-state index in [-0.39, 0.29) is 41.2 Å². The van der Waals surface area contributed by atoms with E-state index in [2.05, 4.69) is 5.32 Å². The summed E-state index contributed by atoms with van der Waals surface area (Å²) in [6, 6.07) is 16.1. The number of carbonyl (C=O) groups is 2. The van der Waals surface area contributed by atoms with Crippen LogP contribution >= 0.6 is 0 Å². The van der Waals surface area contributed by atoms with Gasteiger partial charge in [0.15, 0.2) is 0 Å². The molecule has 0 bridgehead atoms. The molecule has 226 valence electrons. The van der Waals surface area contributed by atoms with Gasteiger partial charge in [-0.1, -0.05) is 49.7 Å². The number of anilines is 1. The van der Waals surface area contributed by atoms with Crippen LogP contribution < -0.4 is 14.4 Å². The van der Waals surface area contributed by atoms with Crippen LogP contribution in [0.15, 0.2) is 71.6 Å². The third kappa shape index (κ3) is 7.88. The molecule has 8 nitrogen and oxygen atoms in total. The minimum Gasteiger partial charge on any atom is -0.495 e. The number of nitrogens with zero attached hydrogens (tertiary/aromatic N) is 2. The number of methoxy groups -OCH3 is 1. The van der Waals surface area contributed by atoms with Gasteiger partial charge in [-0.05, 0) is 81.1 Å². The Hall–Kier alpha value is -3.92. The first-order chi connectivity index (χ1) is 19.9. The van der Waals surface area contributed by atoms with Crippen molar-refractivity contribution in [1.82, 2.24) is 10.2 Å². The molecule has 0 spiro atoms. The SMILES string of the molecule is CC[C@@H](C)NC(=O)[C@H](CC)N(Cc1ccc(F)cc1)C(=O)CN(c1cc(C)ccc1OC)S(=O)(=O)c1ccc(C)cc1. The van der Waals surface area contributed by atoms with E-state index in [1.165, 1.54) is 36.3 Å². The number of halogens is 1. The molecule has 0 aliphatic heterocycles. The van der Waals surface area contributed by atoms with Gasteiger partial charge in [-0.3, -0.25) is 13.9 Å². The van der Waals surface area contributed by atoms with Gasteiger partial charge < -0.3 is 15.0 Å². The second-order valence-electron chi connectivity index (χ2n) is 10.4. The molecule has 0 aromatic heterocycles.